The summed E-state index contributed by atoms with van der Waals surface area (Å²) in [4.78, 5) is 135. The second-order valence-corrected chi connectivity index (χ2v) is 36.9. The molecule has 3 amide bonds. The molecule has 18 aromatic rings. The molecule has 13 aromatic heterocycles. The van der Waals surface area contributed by atoms with Gasteiger partial charge < -0.3 is 69.6 Å². The van der Waals surface area contributed by atoms with E-state index in [-0.39, 0.29) is 111 Å². The van der Waals surface area contributed by atoms with Crippen LogP contribution in [0.15, 0.2) is 224 Å². The molecule has 42 nitrogen and oxygen atoms in total. The van der Waals surface area contributed by atoms with Crippen LogP contribution in [0.5, 0.6) is 0 Å². The standard InChI is InChI=1S/C18H14N8O2.C18H13N7O2S.C13H12ClN3O3.C13H10ClN3O2.C11H11N3O2.C5H6N2O3.C4H6.C3H4.C2H2Cl2O.C2H2.CH2Cl2.CH3F.CH4.Cl3OP/c1-10-13-17(28-24-10)23-12(26(18(13)27)11-5-3-2-4-6-11)7-25-9-22-14-15(19)20-8-21-16(14)25;1-10-13-16(27-24-10)23-12(25(18(13)26)11-5-3-2-4-6-11)7-28-17-14-15(20-8-19-14)21-9-22-17;1-8-11(13(20-17-8)16-10(18)7-14)12(19)15-9-5-3-2-4-6-9;1-8-11-12(19-16-8)15-10(7-14)17(13(11)18)9-5-3-2-4-6-9;1-7-9(10(12)16-14-7)11(15)13-8-5-3-2-4-6-8;1-2-3(5(8)9)4(6)10-7-2;1-3-4-2;1-3-2;3-1-2(4)5;1-2;2-1-3;1-2;;1-5(2,3)4/h2-6,8-9H,7H2,1H3,(H2,19,20,21);2-6,8-9H,7H2,1H3,(H,19,20,21,22);2-6H,7H2,1H3,(H,15,19)(H,16,18);2-6H,7H2,1H3;2-6H,12H2,1H3,(H,13,15);6H2,1H3,(H,8,9);1-2H3;1H,2H3;1H2;1-2H;1H2;1H3;1H4;/i;;;;;;;;;;;1D;;. The minimum Gasteiger partial charge on any atom is -0.477 e. The van der Waals surface area contributed by atoms with Gasteiger partial charge in [0.25, 0.3) is 45.6 Å². The minimum absolute atomic E-state index is 0. The monoisotopic (exact) mass is 2210 g/mol. The fourth-order valence-electron chi connectivity index (χ4n) is 11.8. The van der Waals surface area contributed by atoms with Crippen molar-refractivity contribution in [2.24, 2.45) is 0 Å². The van der Waals surface area contributed by atoms with Crippen LogP contribution in [-0.2, 0) is 32.3 Å². The van der Waals surface area contributed by atoms with Gasteiger partial charge >= 0.3 is 11.2 Å². The Morgan fingerprint density at radius 3 is 1.29 bits per heavy atom. The van der Waals surface area contributed by atoms with Gasteiger partial charge in [-0.1, -0.05) is 141 Å². The molecule has 13 heterocycles. The summed E-state index contributed by atoms with van der Waals surface area (Å²) in [5.41, 5.74) is 25.4. The van der Waals surface area contributed by atoms with E-state index >= 15 is 0 Å². The van der Waals surface area contributed by atoms with Gasteiger partial charge in [0, 0.05) is 11.4 Å². The van der Waals surface area contributed by atoms with Crippen molar-refractivity contribution in [3.05, 3.63) is 276 Å². The maximum atomic E-state index is 13.2. The van der Waals surface area contributed by atoms with Gasteiger partial charge in [0.05, 0.1) is 102 Å². The molecule has 0 fully saturated rings. The molecule has 0 spiro atoms. The first-order chi connectivity index (χ1) is 69.9. The zero-order valence-electron chi connectivity index (χ0n) is 78.4. The fraction of sp³-hybridized carbons (Fsp3) is 0.185. The summed E-state index contributed by atoms with van der Waals surface area (Å²) in [7, 11) is -1.00. The number of amides is 3. The second-order valence-electron chi connectivity index (χ2n) is 27.3. The molecule has 0 radical (unpaired) electrons. The number of rotatable bonds is 17. The van der Waals surface area contributed by atoms with E-state index in [1.807, 2.05) is 129 Å². The summed E-state index contributed by atoms with van der Waals surface area (Å²) in [6.07, 6.45) is 18.6. The molecule has 764 valence electrons. The second kappa shape index (κ2) is 61.6. The molecule has 54 heteroatoms. The molecule has 0 saturated carbocycles. The summed E-state index contributed by atoms with van der Waals surface area (Å²) in [5.74, 6) is 7.05. The van der Waals surface area contributed by atoms with Crippen molar-refractivity contribution in [1.82, 2.24) is 99.0 Å². The number of hydrogen-bond acceptors (Lipinski definition) is 34. The van der Waals surface area contributed by atoms with Crippen molar-refractivity contribution in [1.29, 1.82) is 0 Å². The van der Waals surface area contributed by atoms with Gasteiger partial charge in [0.15, 0.2) is 17.1 Å². The van der Waals surface area contributed by atoms with Crippen LogP contribution in [0, 0.1) is 78.6 Å². The number of thioether (sulfide) groups is 1. The van der Waals surface area contributed by atoms with Gasteiger partial charge in [-0.25, -0.2) is 34.7 Å². The maximum absolute atomic E-state index is 13.2. The number of anilines is 6. The van der Waals surface area contributed by atoms with Crippen LogP contribution >= 0.6 is 120 Å². The number of aryl methyl sites for hydroxylation is 6. The number of nitrogens with zero attached hydrogens (tertiary/aromatic N) is 19. The predicted molar refractivity (Wildman–Crippen MR) is 564 cm³/mol. The molecule has 5 aromatic carbocycles. The van der Waals surface area contributed by atoms with E-state index in [0.29, 0.717) is 113 Å². The Balaban J connectivity index is 0.000000301. The lowest BCUT2D eigenvalue weighted by atomic mass is 10.2. The van der Waals surface area contributed by atoms with E-state index in [4.69, 9.17) is 116 Å². The van der Waals surface area contributed by atoms with Gasteiger partial charge in [-0.3, -0.25) is 61.5 Å². The number of H-pyrrole nitrogens is 1. The molecule has 0 aliphatic rings. The van der Waals surface area contributed by atoms with E-state index in [2.05, 4.69) is 172 Å². The SMILES string of the molecule is C.C#C.C#CC.CC#CC.Cc1noc(N)c1C(=O)Nc1ccccc1.Cc1noc(N)c1C(=O)O.Cc1noc(NC(=O)CCl)c1C(=O)Nc1ccccc1.Cc1noc2nc(CCl)n(-c3ccccc3)c(=O)c12.Cc1noc2nc(CSc3ncnc4nc[nH]c34)n(-c3ccccc3)c(=O)c12.Cc1noc2nc(Cn3cnc4c(N)ncnc43)n(-c3ccccc3)c(=O)c12.ClCCl.O=C(Cl)CCl.O=P(Cl)(Cl)Cl.[2H]CF. The Labute approximate surface area is 879 Å². The van der Waals surface area contributed by atoms with Gasteiger partial charge in [-0.2, -0.15) is 15.0 Å². The van der Waals surface area contributed by atoms with Crippen molar-refractivity contribution in [3.8, 4) is 54.1 Å². The summed E-state index contributed by atoms with van der Waals surface area (Å²) in [6, 6.07) is 45.9. The molecule has 146 heavy (non-hydrogen) atoms. The lowest BCUT2D eigenvalue weighted by Crippen LogP contribution is -2.25. The van der Waals surface area contributed by atoms with Crippen molar-refractivity contribution in [2.75, 3.05) is 57.4 Å². The number of alkyl halides is 6. The highest BCUT2D eigenvalue weighted by Crippen LogP contribution is 2.61. The molecule has 0 saturated heterocycles. The van der Waals surface area contributed by atoms with Crippen LogP contribution in [0.2, 0.25) is 0 Å². The highest BCUT2D eigenvalue weighted by Gasteiger charge is 2.27. The molecule has 0 aliphatic heterocycles. The summed E-state index contributed by atoms with van der Waals surface area (Å²) >= 11 is 45.6. The Hall–Kier alpha value is -15.4. The van der Waals surface area contributed by atoms with E-state index in [9.17, 15) is 47.3 Å². The number of carboxylic acid groups (broad SMARTS) is 1. The summed E-state index contributed by atoms with van der Waals surface area (Å²) in [5, 5.41) is 36.8. The Kier molecular flexibility index (Phi) is 50.3. The number of imidazole rings is 2. The van der Waals surface area contributed by atoms with Crippen LogP contribution in [0.25, 0.3) is 72.7 Å². The van der Waals surface area contributed by atoms with Crippen molar-refractivity contribution in [2.45, 2.75) is 92.9 Å². The van der Waals surface area contributed by atoms with Crippen molar-refractivity contribution < 1.29 is 66.5 Å². The van der Waals surface area contributed by atoms with E-state index in [0.717, 1.165) is 21.9 Å². The highest BCUT2D eigenvalue weighted by atomic mass is 36.0. The normalized spacial score (nSPS) is 10.1. The first kappa shape index (κ1) is 119. The number of nitrogens with one attached hydrogen (secondary N) is 4. The topological polar surface area (TPSA) is 596 Å². The molecule has 11 N–H and O–H groups in total. The van der Waals surface area contributed by atoms with Crippen molar-refractivity contribution in [3.63, 3.8) is 0 Å². The van der Waals surface area contributed by atoms with Crippen LogP contribution in [-0.4, -0.2) is 157 Å². The van der Waals surface area contributed by atoms with Gasteiger partial charge in [-0.05, 0) is 168 Å². The van der Waals surface area contributed by atoms with E-state index in [1.54, 1.807) is 104 Å². The fourth-order valence-corrected chi connectivity index (χ4v) is 12.9. The molecular weight excluding hydrogens is 2130 g/mol. The number of terminal acetylenes is 2. The number of hydrogen-bond donors (Lipinski definition) is 8. The number of aromatic amines is 1. The average molecular weight is 2220 g/mol. The number of carboxylic acids is 1. The zero-order chi connectivity index (χ0) is 108. The third-order valence-electron chi connectivity index (χ3n) is 17.8. The van der Waals surface area contributed by atoms with Gasteiger partial charge in [0.1, 0.15) is 84.9 Å². The average Bonchev–Trinajstić information content (AvgIpc) is 1.63. The molecule has 0 unspecified atom stereocenters. The third-order valence-corrected chi connectivity index (χ3v) is 19.8. The number of carbonyl (C=O) groups is 5. The Bertz CT molecular complexity index is 7700. The number of nitrogens with two attached hydrogens (primary N) is 3. The van der Waals surface area contributed by atoms with Crippen LogP contribution in [0.1, 0.15) is 112 Å². The summed E-state index contributed by atoms with van der Waals surface area (Å²) in [6.45, 7) is 15.5. The third kappa shape index (κ3) is 34.7. The molecule has 0 aliphatic carbocycles. The first-order valence-electron chi connectivity index (χ1n) is 41.3. The maximum Gasteiger partial charge on any atom is 0.343 e. The smallest absolute Gasteiger partial charge is 0.343 e. The predicted octanol–water partition coefficient (Wildman–Crippen LogP) is 19.4. The van der Waals surface area contributed by atoms with Crippen molar-refractivity contribution >= 4 is 240 Å². The van der Waals surface area contributed by atoms with E-state index in [1.165, 1.54) is 35.9 Å². The highest BCUT2D eigenvalue weighted by molar-refractivity contribution is 8.24. The zero-order valence-corrected chi connectivity index (χ0v) is 85.9. The largest absolute Gasteiger partial charge is 0.477 e. The Morgan fingerprint density at radius 2 is 0.904 bits per heavy atom. The number of fused-ring (bicyclic) bond motifs is 5. The van der Waals surface area contributed by atoms with Crippen LogP contribution in [0.3, 0.4) is 0 Å². The number of aromatic nitrogens is 20. The number of para-hydroxylation sites is 5. The quantitative estimate of drug-likeness (QED) is 0.0105. The van der Waals surface area contributed by atoms with Gasteiger partial charge in [-0.15, -0.1) is 95.0 Å². The van der Waals surface area contributed by atoms with E-state index < -0.39 is 35.4 Å². The lowest BCUT2D eigenvalue weighted by molar-refractivity contribution is -0.114. The van der Waals surface area contributed by atoms with Crippen LogP contribution < -0.4 is 49.8 Å². The van der Waals surface area contributed by atoms with Gasteiger partial charge in [0.2, 0.25) is 28.8 Å². The number of aromatic carboxylic acids is 1. The number of benzene rings is 5. The Morgan fingerprint density at radius 1 is 0.534 bits per heavy atom. The molecule has 18 rings (SSSR count). The number of carbonyl (C=O) groups excluding carboxylic acids is 4. The lowest BCUT2D eigenvalue weighted by Gasteiger charge is -2.12. The number of halogens is 10. The molecule has 0 bridgehead atoms. The number of nitrogen functional groups attached to an aromatic ring is 3. The molecule has 0 atom stereocenters. The first-order valence-corrected chi connectivity index (χ1v) is 49.1. The van der Waals surface area contributed by atoms with Crippen LogP contribution in [0.4, 0.5) is 39.2 Å². The molecular formula is C92H89Cl9FN26O16PS. The summed E-state index contributed by atoms with van der Waals surface area (Å²) < 4.78 is 61.0. The minimum atomic E-state index is -3.22.